The Kier molecular flexibility index (Phi) is 11.5. The summed E-state index contributed by atoms with van der Waals surface area (Å²) in [5.74, 6) is -1.78. The molecule has 0 unspecified atom stereocenters. The minimum atomic E-state index is -1.80. The molecule has 2 aliphatic heterocycles. The summed E-state index contributed by atoms with van der Waals surface area (Å²) in [7, 11) is 0. The molecule has 250 valence electrons. The molecule has 1 aromatic carbocycles. The second kappa shape index (κ2) is 14.2. The highest BCUT2D eigenvalue weighted by atomic mass is 16.3. The first-order valence-corrected chi connectivity index (χ1v) is 16.1. The van der Waals surface area contributed by atoms with Gasteiger partial charge in [-0.1, -0.05) is 66.3 Å². The molecule has 10 heteroatoms. The van der Waals surface area contributed by atoms with E-state index in [2.05, 4.69) is 36.0 Å². The van der Waals surface area contributed by atoms with Crippen molar-refractivity contribution < 1.29 is 30.0 Å². The van der Waals surface area contributed by atoms with Crippen molar-refractivity contribution in [2.45, 2.75) is 98.6 Å². The van der Waals surface area contributed by atoms with Gasteiger partial charge in [0.25, 0.3) is 5.91 Å². The Hall–Kier alpha value is -3.05. The lowest BCUT2D eigenvalue weighted by molar-refractivity contribution is -0.112. The number of aromatic hydroxyl groups is 1. The number of piperidine rings is 1. The van der Waals surface area contributed by atoms with E-state index >= 15 is 0 Å². The molecule has 0 bridgehead atoms. The number of Topliss-reactive ketones (excluding diaryl/α,β-unsaturated/α-hetero) is 1. The summed E-state index contributed by atoms with van der Waals surface area (Å²) in [6.45, 7) is 22.8. The number of hydrogen-bond acceptors (Lipinski definition) is 9. The van der Waals surface area contributed by atoms with Crippen LogP contribution in [0.1, 0.15) is 85.5 Å². The van der Waals surface area contributed by atoms with Crippen LogP contribution in [-0.2, 0) is 4.79 Å². The number of carbonyl (C=O) groups excluding carboxylic acids is 2. The molecule has 2 aliphatic rings. The van der Waals surface area contributed by atoms with Crippen LogP contribution < -0.4 is 21.2 Å². The molecular formula is C35H54N4O6. The van der Waals surface area contributed by atoms with Gasteiger partial charge in [-0.25, -0.2) is 0 Å². The Bertz CT molecular complexity index is 1430. The van der Waals surface area contributed by atoms with Gasteiger partial charge in [0.05, 0.1) is 28.8 Å². The molecule has 4 atom stereocenters. The summed E-state index contributed by atoms with van der Waals surface area (Å²) >= 11 is 0. The van der Waals surface area contributed by atoms with Crippen molar-refractivity contribution in [1.29, 1.82) is 0 Å². The summed E-state index contributed by atoms with van der Waals surface area (Å²) in [4.78, 5) is 34.1. The predicted molar refractivity (Wildman–Crippen MR) is 179 cm³/mol. The number of benzene rings is 1. The van der Waals surface area contributed by atoms with Gasteiger partial charge < -0.3 is 36.0 Å². The monoisotopic (exact) mass is 626 g/mol. The third-order valence-corrected chi connectivity index (χ3v) is 8.98. The van der Waals surface area contributed by atoms with Gasteiger partial charge in [-0.3, -0.25) is 14.6 Å². The topological polar surface area (TPSA) is 155 Å². The molecule has 45 heavy (non-hydrogen) atoms. The van der Waals surface area contributed by atoms with E-state index in [-0.39, 0.29) is 34.2 Å². The van der Waals surface area contributed by atoms with Crippen molar-refractivity contribution >= 4 is 29.6 Å². The van der Waals surface area contributed by atoms with E-state index in [1.807, 2.05) is 27.7 Å². The molecule has 0 aromatic heterocycles. The van der Waals surface area contributed by atoms with E-state index in [9.17, 15) is 30.0 Å². The van der Waals surface area contributed by atoms with E-state index in [0.29, 0.717) is 35.4 Å². The number of likely N-dealkylation sites (tertiary alicyclic amines) is 1. The Labute approximate surface area is 267 Å². The molecule has 0 saturated carbocycles. The van der Waals surface area contributed by atoms with Crippen molar-refractivity contribution in [3.63, 3.8) is 0 Å². The molecule has 1 saturated heterocycles. The predicted octanol–water partition coefficient (Wildman–Crippen LogP) is 3.34. The number of ketones is 1. The number of anilines is 2. The molecule has 1 fully saturated rings. The fourth-order valence-corrected chi connectivity index (χ4v) is 6.09. The van der Waals surface area contributed by atoms with Crippen molar-refractivity contribution in [3.8, 4) is 5.75 Å². The number of nitrogens with zero attached hydrogens (tertiary/aromatic N) is 2. The fourth-order valence-electron chi connectivity index (χ4n) is 6.09. The van der Waals surface area contributed by atoms with E-state index in [1.54, 1.807) is 25.2 Å². The summed E-state index contributed by atoms with van der Waals surface area (Å²) in [6, 6.07) is 0. The Morgan fingerprint density at radius 2 is 1.71 bits per heavy atom. The molecule has 1 aromatic rings. The molecule has 0 aliphatic carbocycles. The van der Waals surface area contributed by atoms with Crippen LogP contribution in [0.15, 0.2) is 28.8 Å². The molecular weight excluding hydrogens is 572 g/mol. The number of allylic oxidation sites excluding steroid dienone is 2. The normalized spacial score (nSPS) is 19.7. The van der Waals surface area contributed by atoms with Crippen LogP contribution in [0.25, 0.3) is 6.58 Å². The quantitative estimate of drug-likeness (QED) is 0.0894. The van der Waals surface area contributed by atoms with Crippen LogP contribution in [0, 0.1) is 23.7 Å². The molecule has 1 amide bonds. The van der Waals surface area contributed by atoms with E-state index in [0.717, 1.165) is 19.6 Å². The van der Waals surface area contributed by atoms with Gasteiger partial charge in [-0.2, -0.15) is 0 Å². The summed E-state index contributed by atoms with van der Waals surface area (Å²) in [5.41, 5.74) is -1.92. The Morgan fingerprint density at radius 3 is 2.24 bits per heavy atom. The number of phenols is 1. The van der Waals surface area contributed by atoms with E-state index < -0.39 is 40.9 Å². The number of aliphatic hydroxyl groups excluding tert-OH is 2. The Balaban J connectivity index is 1.93. The van der Waals surface area contributed by atoms with Gasteiger partial charge in [0, 0.05) is 55.1 Å². The third kappa shape index (κ3) is 8.22. The highest BCUT2D eigenvalue weighted by Crippen LogP contribution is 2.39. The van der Waals surface area contributed by atoms with Gasteiger partial charge in [0.1, 0.15) is 17.0 Å². The van der Waals surface area contributed by atoms with E-state index in [4.69, 9.17) is 4.99 Å². The SMILES string of the molecule is C=c1c(C(=O)C(C)(C)O)c(O)c(NC(=O)/C(C)=C\C=C\[C@H](C)[C@H](O)[C@@H](C)[C@@H](O)C(C)C)c2c1=NC1(CCN(CC(C)C)CC1)N2. The van der Waals surface area contributed by atoms with Crippen molar-refractivity contribution in [1.82, 2.24) is 4.90 Å². The molecule has 1 spiro atoms. The van der Waals surface area contributed by atoms with Crippen molar-refractivity contribution in [2.75, 3.05) is 30.3 Å². The molecule has 2 heterocycles. The second-order valence-electron chi connectivity index (χ2n) is 14.3. The average Bonchev–Trinajstić information content (AvgIpc) is 3.33. The summed E-state index contributed by atoms with van der Waals surface area (Å²) < 4.78 is 0. The van der Waals surface area contributed by atoms with Gasteiger partial charge in [0.15, 0.2) is 11.5 Å². The lowest BCUT2D eigenvalue weighted by Gasteiger charge is -2.38. The smallest absolute Gasteiger partial charge is 0.251 e. The largest absolute Gasteiger partial charge is 0.505 e. The molecule has 0 radical (unpaired) electrons. The number of hydrogen-bond donors (Lipinski definition) is 6. The maximum absolute atomic E-state index is 13.4. The lowest BCUT2D eigenvalue weighted by Crippen LogP contribution is -2.47. The van der Waals surface area contributed by atoms with Gasteiger partial charge in [-0.15, -0.1) is 0 Å². The number of amides is 1. The van der Waals surface area contributed by atoms with Crippen LogP contribution in [0.2, 0.25) is 0 Å². The van der Waals surface area contributed by atoms with Crippen LogP contribution in [0.4, 0.5) is 11.4 Å². The first-order chi connectivity index (χ1) is 20.8. The lowest BCUT2D eigenvalue weighted by atomic mass is 9.85. The molecule has 10 nitrogen and oxygen atoms in total. The zero-order valence-corrected chi connectivity index (χ0v) is 28.4. The van der Waals surface area contributed by atoms with E-state index in [1.165, 1.54) is 13.8 Å². The average molecular weight is 627 g/mol. The Morgan fingerprint density at radius 1 is 1.11 bits per heavy atom. The number of fused-ring (bicyclic) bond motifs is 1. The zero-order valence-electron chi connectivity index (χ0n) is 28.4. The molecule has 3 rings (SSSR count). The summed E-state index contributed by atoms with van der Waals surface area (Å²) in [5, 5.41) is 49.8. The van der Waals surface area contributed by atoms with Crippen LogP contribution >= 0.6 is 0 Å². The third-order valence-electron chi connectivity index (χ3n) is 8.98. The number of phenolic OH excluding ortho intramolecular Hbond substituents is 1. The van der Waals surface area contributed by atoms with Gasteiger partial charge in [0.2, 0.25) is 0 Å². The molecule has 6 N–H and O–H groups in total. The number of carbonyl (C=O) groups is 2. The fraction of sp³-hybridized carbons (Fsp3) is 0.629. The highest BCUT2D eigenvalue weighted by molar-refractivity contribution is 6.11. The standard InChI is InChI=1S/C35H54N4O6/c1-19(2)18-39-16-14-35(15-17-39)37-26-23(7)25(32(43)34(9,10)45)31(42)28(27(26)38-35)36-33(44)22(6)13-11-12-21(5)30(41)24(8)29(40)20(3)4/h11-13,19-21,24,29-30,38,40-42,45H,7,14-18H2,1-6,8-10H3,(H,36,44)/b12-11+,22-13-/t21-,24-,29-,30-/m0/s1. The first kappa shape index (κ1) is 36.4. The first-order valence-electron chi connectivity index (χ1n) is 16.1. The number of aliphatic hydroxyl groups is 3. The maximum atomic E-state index is 13.4. The van der Waals surface area contributed by atoms with Gasteiger partial charge >= 0.3 is 0 Å². The van der Waals surface area contributed by atoms with Crippen molar-refractivity contribution in [3.05, 3.63) is 39.9 Å². The van der Waals surface area contributed by atoms with Crippen molar-refractivity contribution in [2.24, 2.45) is 28.7 Å². The number of nitrogens with one attached hydrogen (secondary N) is 2. The number of rotatable bonds is 12. The minimum Gasteiger partial charge on any atom is -0.505 e. The minimum absolute atomic E-state index is 0.0113. The van der Waals surface area contributed by atoms with Crippen LogP contribution in [0.5, 0.6) is 5.75 Å². The van der Waals surface area contributed by atoms with Crippen LogP contribution in [-0.4, -0.2) is 80.1 Å². The maximum Gasteiger partial charge on any atom is 0.251 e. The summed E-state index contributed by atoms with van der Waals surface area (Å²) in [6.07, 6.45) is 5.02. The van der Waals surface area contributed by atoms with Gasteiger partial charge in [-0.05, 0) is 32.6 Å². The second-order valence-corrected chi connectivity index (χ2v) is 14.3. The highest BCUT2D eigenvalue weighted by Gasteiger charge is 2.41. The zero-order chi connectivity index (χ0) is 34.0. The van der Waals surface area contributed by atoms with Crippen LogP contribution in [0.3, 0.4) is 0 Å².